The summed E-state index contributed by atoms with van der Waals surface area (Å²) in [6.45, 7) is 4.34. The van der Waals surface area contributed by atoms with Crippen molar-refractivity contribution in [3.8, 4) is 5.75 Å². The van der Waals surface area contributed by atoms with E-state index in [0.717, 1.165) is 36.8 Å². The lowest BCUT2D eigenvalue weighted by molar-refractivity contribution is -0.0500. The van der Waals surface area contributed by atoms with Gasteiger partial charge in [-0.25, -0.2) is 0 Å². The van der Waals surface area contributed by atoms with Gasteiger partial charge in [0.2, 0.25) is 0 Å². The van der Waals surface area contributed by atoms with Crippen molar-refractivity contribution in [1.29, 1.82) is 0 Å². The third kappa shape index (κ3) is 2.95. The molecule has 0 amide bonds. The molecule has 8 heteroatoms. The fraction of sp³-hybridized carbons (Fsp3) is 0.700. The van der Waals surface area contributed by atoms with E-state index in [1.165, 1.54) is 12.1 Å². The van der Waals surface area contributed by atoms with Crippen LogP contribution >= 0.6 is 0 Å². The largest absolute Gasteiger partial charge is 0.534 e. The number of aliphatic hydroxyl groups is 1. The molecule has 3 aliphatic carbocycles. The van der Waals surface area contributed by atoms with Crippen LogP contribution in [0.2, 0.25) is 0 Å². The van der Waals surface area contributed by atoms with Gasteiger partial charge in [0.05, 0.1) is 6.10 Å². The second-order valence-electron chi connectivity index (χ2n) is 8.95. The fourth-order valence-corrected chi connectivity index (χ4v) is 6.60. The highest BCUT2D eigenvalue weighted by Crippen LogP contribution is 2.62. The lowest BCUT2D eigenvalue weighted by Gasteiger charge is -2.52. The molecule has 0 aromatic heterocycles. The molecule has 0 radical (unpaired) electrons. The topological polar surface area (TPSA) is 63.6 Å². The summed E-state index contributed by atoms with van der Waals surface area (Å²) in [6.07, 6.45) is 4.08. The van der Waals surface area contributed by atoms with Crippen LogP contribution in [0.1, 0.15) is 56.6 Å². The number of hydrogen-bond acceptors (Lipinski definition) is 4. The minimum atomic E-state index is -5.67. The van der Waals surface area contributed by atoms with Crippen molar-refractivity contribution < 1.29 is 30.9 Å². The molecule has 1 N–H and O–H groups in total. The van der Waals surface area contributed by atoms with E-state index in [1.807, 2.05) is 0 Å². The van der Waals surface area contributed by atoms with Gasteiger partial charge in [0.15, 0.2) is 0 Å². The molecule has 0 unspecified atom stereocenters. The fourth-order valence-electron chi connectivity index (χ4n) is 6.15. The van der Waals surface area contributed by atoms with E-state index in [1.54, 1.807) is 6.07 Å². The molecule has 4 rings (SSSR count). The normalized spacial score (nSPS) is 37.7. The van der Waals surface area contributed by atoms with Crippen LogP contribution in [-0.2, 0) is 16.5 Å². The summed E-state index contributed by atoms with van der Waals surface area (Å²) in [7, 11) is -5.67. The molecule has 0 bridgehead atoms. The average Bonchev–Trinajstić information content (AvgIpc) is 2.88. The van der Waals surface area contributed by atoms with Gasteiger partial charge in [-0.2, -0.15) is 21.6 Å². The molecular weight excluding hydrogens is 393 g/mol. The molecule has 4 nitrogen and oxygen atoms in total. The minimum Gasteiger partial charge on any atom is -0.393 e. The third-order valence-electron chi connectivity index (χ3n) is 7.48. The van der Waals surface area contributed by atoms with Crippen LogP contribution in [-0.4, -0.2) is 25.1 Å². The molecule has 0 spiro atoms. The van der Waals surface area contributed by atoms with Crippen LogP contribution in [0, 0.1) is 23.2 Å². The highest BCUT2D eigenvalue weighted by Gasteiger charge is 2.56. The summed E-state index contributed by atoms with van der Waals surface area (Å²) >= 11 is 0. The Morgan fingerprint density at radius 3 is 2.61 bits per heavy atom. The third-order valence-corrected chi connectivity index (χ3v) is 8.46. The van der Waals surface area contributed by atoms with Crippen LogP contribution < -0.4 is 4.18 Å². The standard InChI is InChI=1S/C20H25F3O4S/c1-11-9-12-10-13(27-28(25,26)20(21,22)23)3-4-14(12)15-7-8-19(2)16(18(11)15)5-6-17(19)24/h3-4,10-11,15-18,24H,5-9H2,1-2H3/t11-,15-,16+,17+,18-,19+/m1/s1. The molecule has 28 heavy (non-hydrogen) atoms. The maximum absolute atomic E-state index is 12.6. The van der Waals surface area contributed by atoms with Crippen molar-refractivity contribution in [3.63, 3.8) is 0 Å². The molecule has 156 valence electrons. The summed E-state index contributed by atoms with van der Waals surface area (Å²) in [4.78, 5) is 0. The molecule has 1 aromatic carbocycles. The van der Waals surface area contributed by atoms with Gasteiger partial charge in [-0.3, -0.25) is 0 Å². The van der Waals surface area contributed by atoms with Crippen molar-refractivity contribution in [2.24, 2.45) is 23.2 Å². The maximum atomic E-state index is 12.6. The van der Waals surface area contributed by atoms with Crippen LogP contribution in [0.3, 0.4) is 0 Å². The van der Waals surface area contributed by atoms with Crippen molar-refractivity contribution in [2.45, 2.75) is 63.5 Å². The monoisotopic (exact) mass is 418 g/mol. The Labute approximate surface area is 163 Å². The zero-order chi connectivity index (χ0) is 20.5. The van der Waals surface area contributed by atoms with Crippen LogP contribution in [0.5, 0.6) is 5.75 Å². The number of hydrogen-bond donors (Lipinski definition) is 1. The number of rotatable bonds is 2. The van der Waals surface area contributed by atoms with Gasteiger partial charge in [-0.1, -0.05) is 19.9 Å². The molecule has 0 saturated heterocycles. The quantitative estimate of drug-likeness (QED) is 0.572. The number of halogens is 3. The molecule has 0 aliphatic heterocycles. The predicted octanol–water partition coefficient (Wildman–Crippen LogP) is 4.38. The van der Waals surface area contributed by atoms with Gasteiger partial charge in [0.25, 0.3) is 0 Å². The second kappa shape index (κ2) is 6.36. The van der Waals surface area contributed by atoms with E-state index >= 15 is 0 Å². The van der Waals surface area contributed by atoms with Gasteiger partial charge >= 0.3 is 15.6 Å². The van der Waals surface area contributed by atoms with Gasteiger partial charge < -0.3 is 9.29 Å². The van der Waals surface area contributed by atoms with E-state index in [2.05, 4.69) is 18.0 Å². The smallest absolute Gasteiger partial charge is 0.393 e. The van der Waals surface area contributed by atoms with E-state index in [-0.39, 0.29) is 23.2 Å². The van der Waals surface area contributed by atoms with Crippen molar-refractivity contribution >= 4 is 10.1 Å². The van der Waals surface area contributed by atoms with E-state index in [9.17, 15) is 26.7 Å². The Morgan fingerprint density at radius 1 is 1.21 bits per heavy atom. The Kier molecular flexibility index (Phi) is 4.54. The van der Waals surface area contributed by atoms with Crippen LogP contribution in [0.25, 0.3) is 0 Å². The zero-order valence-corrected chi connectivity index (χ0v) is 16.7. The first-order valence-electron chi connectivity index (χ1n) is 9.75. The molecule has 3 aliphatic rings. The minimum absolute atomic E-state index is 0.0588. The zero-order valence-electron chi connectivity index (χ0n) is 15.9. The van der Waals surface area contributed by atoms with Gasteiger partial charge in [0, 0.05) is 0 Å². The maximum Gasteiger partial charge on any atom is 0.534 e. The van der Waals surface area contributed by atoms with E-state index < -0.39 is 15.6 Å². The number of alkyl halides is 3. The number of aliphatic hydroxyl groups excluding tert-OH is 1. The van der Waals surface area contributed by atoms with E-state index in [4.69, 9.17) is 0 Å². The summed E-state index contributed by atoms with van der Waals surface area (Å²) in [6, 6.07) is 4.50. The Bertz CT molecular complexity index is 882. The molecule has 0 heterocycles. The highest BCUT2D eigenvalue weighted by molar-refractivity contribution is 7.88. The first-order valence-corrected chi connectivity index (χ1v) is 11.2. The second-order valence-corrected chi connectivity index (χ2v) is 10.5. The van der Waals surface area contributed by atoms with Crippen molar-refractivity contribution in [3.05, 3.63) is 29.3 Å². The molecule has 6 atom stereocenters. The summed E-state index contributed by atoms with van der Waals surface area (Å²) in [5.41, 5.74) is -3.55. The molecule has 1 aromatic rings. The average molecular weight is 418 g/mol. The molecule has 2 saturated carbocycles. The lowest BCUT2D eigenvalue weighted by Crippen LogP contribution is -2.46. The summed E-state index contributed by atoms with van der Waals surface area (Å²) < 4.78 is 64.7. The Morgan fingerprint density at radius 2 is 1.93 bits per heavy atom. The van der Waals surface area contributed by atoms with Gasteiger partial charge in [-0.05, 0) is 84.5 Å². The van der Waals surface area contributed by atoms with Gasteiger partial charge in [0.1, 0.15) is 5.75 Å². The van der Waals surface area contributed by atoms with Gasteiger partial charge in [-0.15, -0.1) is 0 Å². The van der Waals surface area contributed by atoms with Crippen LogP contribution in [0.4, 0.5) is 13.2 Å². The van der Waals surface area contributed by atoms with Crippen LogP contribution in [0.15, 0.2) is 18.2 Å². The first kappa shape index (κ1) is 20.0. The van der Waals surface area contributed by atoms with Crippen molar-refractivity contribution in [2.75, 3.05) is 0 Å². The van der Waals surface area contributed by atoms with E-state index in [0.29, 0.717) is 24.2 Å². The first-order chi connectivity index (χ1) is 12.9. The molecular formula is C20H25F3O4S. The SMILES string of the molecule is C[C@@H]1Cc2cc(OS(=O)(=O)C(F)(F)F)ccc2[C@H]2CC[C@]3(C)[C@@H](O)CC[C@H]3[C@H]12. The predicted molar refractivity (Wildman–Crippen MR) is 97.2 cm³/mol. The van der Waals surface area contributed by atoms with Crippen molar-refractivity contribution in [1.82, 2.24) is 0 Å². The summed E-state index contributed by atoms with van der Waals surface area (Å²) in [5.74, 6) is 1.16. The summed E-state index contributed by atoms with van der Waals surface area (Å²) in [5, 5.41) is 10.5. The Balaban J connectivity index is 1.65. The molecule has 2 fully saturated rings. The number of fused-ring (bicyclic) bond motifs is 5. The number of benzene rings is 1. The lowest BCUT2D eigenvalue weighted by atomic mass is 9.53. The Hall–Kier alpha value is -1.28. The highest BCUT2D eigenvalue weighted by atomic mass is 32.2.